The first kappa shape index (κ1) is 13.1. The Hall–Kier alpha value is -2.34. The van der Waals surface area contributed by atoms with Crippen LogP contribution in [-0.2, 0) is 17.8 Å². The summed E-state index contributed by atoms with van der Waals surface area (Å²) in [6.07, 6.45) is 3.74. The number of aromatic amines is 1. The molecule has 0 aliphatic carbocycles. The molecular weight excluding hydrogens is 244 g/mol. The molecule has 0 saturated heterocycles. The van der Waals surface area contributed by atoms with Gasteiger partial charge in [0, 0.05) is 12.4 Å². The van der Waals surface area contributed by atoms with Crippen LogP contribution >= 0.6 is 0 Å². The highest BCUT2D eigenvalue weighted by molar-refractivity contribution is 5.81. The molecule has 6 heteroatoms. The minimum absolute atomic E-state index is 0.194. The van der Waals surface area contributed by atoms with Gasteiger partial charge in [0.2, 0.25) is 5.91 Å². The fourth-order valence-electron chi connectivity index (χ4n) is 1.68. The third kappa shape index (κ3) is 3.82. The van der Waals surface area contributed by atoms with Crippen molar-refractivity contribution < 1.29 is 9.90 Å². The van der Waals surface area contributed by atoms with E-state index in [1.807, 2.05) is 0 Å². The van der Waals surface area contributed by atoms with Gasteiger partial charge in [-0.25, -0.2) is 4.98 Å². The van der Waals surface area contributed by atoms with E-state index in [9.17, 15) is 4.79 Å². The average molecular weight is 260 g/mol. The highest BCUT2D eigenvalue weighted by Gasteiger charge is 2.14. The minimum atomic E-state index is -0.625. The van der Waals surface area contributed by atoms with E-state index in [0.29, 0.717) is 18.8 Å². The molecule has 6 nitrogen and oxygen atoms in total. The van der Waals surface area contributed by atoms with Gasteiger partial charge in [0.05, 0.1) is 12.6 Å². The minimum Gasteiger partial charge on any atom is -0.508 e. The van der Waals surface area contributed by atoms with Crippen LogP contribution in [-0.4, -0.2) is 27.0 Å². The number of nitrogens with zero attached hydrogens (tertiary/aromatic N) is 1. The smallest absolute Gasteiger partial charge is 0.237 e. The van der Waals surface area contributed by atoms with Crippen molar-refractivity contribution in [1.82, 2.24) is 15.3 Å². The Labute approximate surface area is 110 Å². The number of carbonyl (C=O) groups is 1. The van der Waals surface area contributed by atoms with Crippen LogP contribution in [0.2, 0.25) is 0 Å². The molecule has 2 rings (SSSR count). The van der Waals surface area contributed by atoms with Crippen LogP contribution in [0, 0.1) is 0 Å². The number of phenolic OH excluding ortho intramolecular Hbond substituents is 1. The van der Waals surface area contributed by atoms with Crippen LogP contribution in [0.25, 0.3) is 0 Å². The van der Waals surface area contributed by atoms with Crippen LogP contribution in [0.15, 0.2) is 36.7 Å². The maximum Gasteiger partial charge on any atom is 0.237 e. The molecular formula is C13H16N4O2. The zero-order valence-electron chi connectivity index (χ0n) is 10.3. The Kier molecular flexibility index (Phi) is 4.15. The molecule has 0 aliphatic rings. The maximum absolute atomic E-state index is 11.8. The number of carbonyl (C=O) groups excluding carboxylic acids is 1. The van der Waals surface area contributed by atoms with Gasteiger partial charge in [-0.05, 0) is 24.1 Å². The van der Waals surface area contributed by atoms with Crippen molar-refractivity contribution >= 4 is 5.91 Å². The lowest BCUT2D eigenvalue weighted by Crippen LogP contribution is -2.41. The Bertz CT molecular complexity index is 522. The van der Waals surface area contributed by atoms with Gasteiger partial charge in [-0.2, -0.15) is 0 Å². The second kappa shape index (κ2) is 6.01. The lowest BCUT2D eigenvalue weighted by Gasteiger charge is -2.11. The predicted molar refractivity (Wildman–Crippen MR) is 70.2 cm³/mol. The lowest BCUT2D eigenvalue weighted by atomic mass is 10.1. The Morgan fingerprint density at radius 3 is 2.79 bits per heavy atom. The number of benzene rings is 1. The first-order valence-corrected chi connectivity index (χ1v) is 5.94. The van der Waals surface area contributed by atoms with Crippen LogP contribution in [0.5, 0.6) is 5.75 Å². The first-order valence-electron chi connectivity index (χ1n) is 5.94. The van der Waals surface area contributed by atoms with Gasteiger partial charge in [-0.3, -0.25) is 4.79 Å². The number of nitrogens with one attached hydrogen (secondary N) is 2. The molecule has 0 saturated carbocycles. The molecule has 5 N–H and O–H groups in total. The number of imidazole rings is 1. The molecule has 19 heavy (non-hydrogen) atoms. The largest absolute Gasteiger partial charge is 0.508 e. The first-order chi connectivity index (χ1) is 9.15. The summed E-state index contributed by atoms with van der Waals surface area (Å²) < 4.78 is 0. The van der Waals surface area contributed by atoms with E-state index >= 15 is 0 Å². The number of hydrogen-bond acceptors (Lipinski definition) is 4. The van der Waals surface area contributed by atoms with Crippen LogP contribution in [0.4, 0.5) is 0 Å². The van der Waals surface area contributed by atoms with Gasteiger partial charge >= 0.3 is 0 Å². The summed E-state index contributed by atoms with van der Waals surface area (Å²) in [6, 6.07) is 6.01. The third-order valence-corrected chi connectivity index (χ3v) is 2.71. The fraction of sp³-hybridized carbons (Fsp3) is 0.231. The van der Waals surface area contributed by atoms with E-state index in [1.54, 1.807) is 36.7 Å². The molecule has 1 aromatic heterocycles. The molecule has 0 unspecified atom stereocenters. The monoisotopic (exact) mass is 260 g/mol. The molecule has 1 amide bonds. The molecule has 0 fully saturated rings. The molecule has 1 atom stereocenters. The van der Waals surface area contributed by atoms with Crippen molar-refractivity contribution in [3.8, 4) is 5.75 Å². The quantitative estimate of drug-likeness (QED) is 0.620. The number of nitrogens with two attached hydrogens (primary N) is 1. The summed E-state index contributed by atoms with van der Waals surface area (Å²) in [5, 5.41) is 11.9. The second-order valence-electron chi connectivity index (χ2n) is 4.23. The molecule has 100 valence electrons. The summed E-state index contributed by atoms with van der Waals surface area (Å²) >= 11 is 0. The van der Waals surface area contributed by atoms with Crippen molar-refractivity contribution in [3.05, 3.63) is 48.0 Å². The number of H-pyrrole nitrogens is 1. The molecule has 1 aromatic carbocycles. The van der Waals surface area contributed by atoms with E-state index in [2.05, 4.69) is 15.3 Å². The van der Waals surface area contributed by atoms with E-state index in [-0.39, 0.29) is 11.7 Å². The Morgan fingerprint density at radius 2 is 2.16 bits per heavy atom. The van der Waals surface area contributed by atoms with Gasteiger partial charge in [0.1, 0.15) is 11.6 Å². The summed E-state index contributed by atoms with van der Waals surface area (Å²) in [5.41, 5.74) is 6.72. The van der Waals surface area contributed by atoms with E-state index in [0.717, 1.165) is 5.56 Å². The lowest BCUT2D eigenvalue weighted by molar-refractivity contribution is -0.122. The van der Waals surface area contributed by atoms with Crippen molar-refractivity contribution in [2.45, 2.75) is 19.0 Å². The Balaban J connectivity index is 1.83. The van der Waals surface area contributed by atoms with E-state index < -0.39 is 6.04 Å². The number of phenols is 1. The molecule has 0 radical (unpaired) electrons. The van der Waals surface area contributed by atoms with Crippen molar-refractivity contribution in [3.63, 3.8) is 0 Å². The normalized spacial score (nSPS) is 12.1. The summed E-state index contributed by atoms with van der Waals surface area (Å²) in [6.45, 7) is 0.328. The number of hydrogen-bond donors (Lipinski definition) is 4. The Morgan fingerprint density at radius 1 is 1.42 bits per heavy atom. The second-order valence-corrected chi connectivity index (χ2v) is 4.23. The van der Waals surface area contributed by atoms with Gasteiger partial charge in [0.25, 0.3) is 0 Å². The van der Waals surface area contributed by atoms with E-state index in [1.165, 1.54) is 0 Å². The van der Waals surface area contributed by atoms with Gasteiger partial charge in [-0.1, -0.05) is 12.1 Å². The van der Waals surface area contributed by atoms with Crippen LogP contribution in [0.1, 0.15) is 11.4 Å². The van der Waals surface area contributed by atoms with Crippen LogP contribution < -0.4 is 11.1 Å². The summed E-state index contributed by atoms with van der Waals surface area (Å²) in [7, 11) is 0. The number of rotatable bonds is 5. The summed E-state index contributed by atoms with van der Waals surface area (Å²) in [5.74, 6) is 0.647. The van der Waals surface area contributed by atoms with Gasteiger partial charge in [0.15, 0.2) is 0 Å². The third-order valence-electron chi connectivity index (χ3n) is 2.71. The van der Waals surface area contributed by atoms with Crippen molar-refractivity contribution in [2.24, 2.45) is 5.73 Å². The molecule has 0 aliphatic heterocycles. The van der Waals surface area contributed by atoms with Gasteiger partial charge in [-0.15, -0.1) is 0 Å². The van der Waals surface area contributed by atoms with Crippen molar-refractivity contribution in [1.29, 1.82) is 0 Å². The maximum atomic E-state index is 11.8. The van der Waals surface area contributed by atoms with E-state index in [4.69, 9.17) is 10.8 Å². The number of aromatic nitrogens is 2. The molecule has 1 heterocycles. The zero-order chi connectivity index (χ0) is 13.7. The fourth-order valence-corrected chi connectivity index (χ4v) is 1.68. The number of aromatic hydroxyl groups is 1. The summed E-state index contributed by atoms with van der Waals surface area (Å²) in [4.78, 5) is 18.7. The topological polar surface area (TPSA) is 104 Å². The highest BCUT2D eigenvalue weighted by atomic mass is 16.3. The molecule has 0 spiro atoms. The SMILES string of the molecule is N[C@@H](Cc1ccc(O)cc1)C(=O)NCc1ncc[nH]1. The van der Waals surface area contributed by atoms with Crippen LogP contribution in [0.3, 0.4) is 0 Å². The van der Waals surface area contributed by atoms with Crippen molar-refractivity contribution in [2.75, 3.05) is 0 Å². The molecule has 2 aromatic rings. The van der Waals surface area contributed by atoms with Gasteiger partial charge < -0.3 is 21.1 Å². The number of amides is 1. The average Bonchev–Trinajstić information content (AvgIpc) is 2.91. The molecule has 0 bridgehead atoms. The predicted octanol–water partition coefficient (Wildman–Crippen LogP) is 0.301. The standard InChI is InChI=1S/C13H16N4O2/c14-11(7-9-1-3-10(18)4-2-9)13(19)17-8-12-15-5-6-16-12/h1-6,11,18H,7-8,14H2,(H,15,16)(H,17,19)/t11-/m0/s1. The zero-order valence-corrected chi connectivity index (χ0v) is 10.3. The highest BCUT2D eigenvalue weighted by Crippen LogP contribution is 2.10.